The molecule has 22 heavy (non-hydrogen) atoms. The molecule has 2 rings (SSSR count). The fraction of sp³-hybridized carbons (Fsp3) is 0.438. The Labute approximate surface area is 138 Å². The zero-order valence-corrected chi connectivity index (χ0v) is 14.9. The van der Waals surface area contributed by atoms with Crippen LogP contribution in [0.1, 0.15) is 20.8 Å². The summed E-state index contributed by atoms with van der Waals surface area (Å²) in [5, 5.41) is 3.87. The smallest absolute Gasteiger partial charge is 0.407 e. The third kappa shape index (κ3) is 4.16. The molecule has 1 heterocycles. The Hall–Kier alpha value is -1.69. The van der Waals surface area contributed by atoms with Gasteiger partial charge >= 0.3 is 6.09 Å². The van der Waals surface area contributed by atoms with Gasteiger partial charge in [-0.3, -0.25) is 0 Å². The number of nitrogens with one attached hydrogen (secondary N) is 1. The van der Waals surface area contributed by atoms with Crippen LogP contribution in [-0.4, -0.2) is 29.9 Å². The highest BCUT2D eigenvalue weighted by molar-refractivity contribution is 9.10. The lowest BCUT2D eigenvalue weighted by Gasteiger charge is -2.19. The number of rotatable bonds is 4. The molecule has 0 saturated carbocycles. The molecule has 0 aliphatic heterocycles. The molecular formula is C16H21BrN2O3. The molecule has 0 aliphatic rings. The van der Waals surface area contributed by atoms with Crippen molar-refractivity contribution < 1.29 is 14.3 Å². The maximum Gasteiger partial charge on any atom is 0.407 e. The Morgan fingerprint density at radius 1 is 1.36 bits per heavy atom. The van der Waals surface area contributed by atoms with Gasteiger partial charge in [-0.15, -0.1) is 0 Å². The number of halogens is 1. The van der Waals surface area contributed by atoms with Crippen molar-refractivity contribution in [3.63, 3.8) is 0 Å². The molecule has 0 unspecified atom stereocenters. The van der Waals surface area contributed by atoms with E-state index < -0.39 is 11.7 Å². The second kappa shape index (κ2) is 6.60. The summed E-state index contributed by atoms with van der Waals surface area (Å²) in [6, 6.07) is 5.95. The van der Waals surface area contributed by atoms with Gasteiger partial charge in [0.15, 0.2) is 0 Å². The summed E-state index contributed by atoms with van der Waals surface area (Å²) in [5.74, 6) is 0.791. The number of hydrogen-bond donors (Lipinski definition) is 1. The molecule has 2 aromatic rings. The van der Waals surface area contributed by atoms with Crippen LogP contribution in [0.5, 0.6) is 5.75 Å². The normalized spacial score (nSPS) is 11.5. The van der Waals surface area contributed by atoms with Gasteiger partial charge in [-0.05, 0) is 48.8 Å². The minimum absolute atomic E-state index is 0.400. The van der Waals surface area contributed by atoms with Crippen LogP contribution >= 0.6 is 15.9 Å². The van der Waals surface area contributed by atoms with Gasteiger partial charge < -0.3 is 19.4 Å². The van der Waals surface area contributed by atoms with Crippen LogP contribution in [0.15, 0.2) is 28.9 Å². The molecule has 1 N–H and O–H groups in total. The molecule has 0 fully saturated rings. The van der Waals surface area contributed by atoms with E-state index in [9.17, 15) is 4.79 Å². The first-order chi connectivity index (χ1) is 10.3. The molecule has 0 aliphatic carbocycles. The van der Waals surface area contributed by atoms with Crippen molar-refractivity contribution in [1.82, 2.24) is 9.88 Å². The van der Waals surface area contributed by atoms with Crippen LogP contribution in [0, 0.1) is 0 Å². The van der Waals surface area contributed by atoms with Crippen molar-refractivity contribution in [2.75, 3.05) is 13.7 Å². The van der Waals surface area contributed by atoms with E-state index in [0.29, 0.717) is 13.1 Å². The summed E-state index contributed by atoms with van der Waals surface area (Å²) in [5.41, 5.74) is 0.569. The molecule has 0 spiro atoms. The molecule has 1 aromatic carbocycles. The van der Waals surface area contributed by atoms with Crippen LogP contribution < -0.4 is 10.1 Å². The molecule has 6 heteroatoms. The van der Waals surface area contributed by atoms with E-state index in [1.807, 2.05) is 45.2 Å². The lowest BCUT2D eigenvalue weighted by Crippen LogP contribution is -2.34. The average Bonchev–Trinajstić information content (AvgIpc) is 2.80. The van der Waals surface area contributed by atoms with Crippen LogP contribution in [0.3, 0.4) is 0 Å². The second-order valence-corrected chi connectivity index (χ2v) is 6.83. The predicted octanol–water partition coefficient (Wildman–Crippen LogP) is 3.94. The first-order valence-electron chi connectivity index (χ1n) is 7.09. The number of benzene rings is 1. The Morgan fingerprint density at radius 3 is 2.73 bits per heavy atom. The number of fused-ring (bicyclic) bond motifs is 1. The van der Waals surface area contributed by atoms with E-state index >= 15 is 0 Å². The number of amides is 1. The zero-order valence-electron chi connectivity index (χ0n) is 13.3. The number of methoxy groups -OCH3 is 1. The molecule has 0 atom stereocenters. The number of carbonyl (C=O) groups excluding carboxylic acids is 1. The third-order valence-electron chi connectivity index (χ3n) is 3.07. The van der Waals surface area contributed by atoms with E-state index in [-0.39, 0.29) is 0 Å². The quantitative estimate of drug-likeness (QED) is 0.888. The Kier molecular flexibility index (Phi) is 5.01. The van der Waals surface area contributed by atoms with Crippen molar-refractivity contribution in [2.45, 2.75) is 32.9 Å². The molecule has 1 amide bonds. The van der Waals surface area contributed by atoms with Crippen molar-refractivity contribution >= 4 is 32.9 Å². The number of aromatic nitrogens is 1. The van der Waals surface area contributed by atoms with Crippen LogP contribution in [0.2, 0.25) is 0 Å². The van der Waals surface area contributed by atoms with Gasteiger partial charge in [0.2, 0.25) is 0 Å². The van der Waals surface area contributed by atoms with Gasteiger partial charge in [-0.25, -0.2) is 4.79 Å². The number of nitrogens with zero attached hydrogens (tertiary/aromatic N) is 1. The monoisotopic (exact) mass is 368 g/mol. The fourth-order valence-corrected chi connectivity index (χ4v) is 2.69. The summed E-state index contributed by atoms with van der Waals surface area (Å²) in [6.45, 7) is 6.68. The number of ether oxygens (including phenoxy) is 2. The van der Waals surface area contributed by atoms with Crippen molar-refractivity contribution in [3.05, 3.63) is 28.9 Å². The standard InChI is InChI=1S/C16H21BrN2O3/c1-16(2,3)22-15(20)18-6-8-19-7-5-12-13(17)9-11(21-4)10-14(12)19/h5,7,9-10H,6,8H2,1-4H3,(H,18,20). The van der Waals surface area contributed by atoms with E-state index in [1.165, 1.54) is 0 Å². The topological polar surface area (TPSA) is 52.5 Å². The highest BCUT2D eigenvalue weighted by Crippen LogP contribution is 2.30. The number of carbonyl (C=O) groups is 1. The lowest BCUT2D eigenvalue weighted by atomic mass is 10.2. The third-order valence-corrected chi connectivity index (χ3v) is 3.72. The average molecular weight is 369 g/mol. The maximum absolute atomic E-state index is 11.6. The van der Waals surface area contributed by atoms with Crippen molar-refractivity contribution in [1.29, 1.82) is 0 Å². The molecule has 120 valence electrons. The summed E-state index contributed by atoms with van der Waals surface area (Å²) in [6.07, 6.45) is 1.59. The molecule has 5 nitrogen and oxygen atoms in total. The van der Waals surface area contributed by atoms with Crippen molar-refractivity contribution in [2.24, 2.45) is 0 Å². The largest absolute Gasteiger partial charge is 0.497 e. The number of alkyl carbamates (subject to hydrolysis) is 1. The predicted molar refractivity (Wildman–Crippen MR) is 90.4 cm³/mol. The summed E-state index contributed by atoms with van der Waals surface area (Å²) in [7, 11) is 1.64. The van der Waals surface area contributed by atoms with Crippen LogP contribution in [0.4, 0.5) is 4.79 Å². The minimum atomic E-state index is -0.484. The Balaban J connectivity index is 2.03. The van der Waals surface area contributed by atoms with E-state index in [4.69, 9.17) is 9.47 Å². The fourth-order valence-electron chi connectivity index (χ4n) is 2.13. The van der Waals surface area contributed by atoms with Gasteiger partial charge in [0.05, 0.1) is 12.6 Å². The van der Waals surface area contributed by atoms with Gasteiger partial charge in [-0.1, -0.05) is 0 Å². The highest BCUT2D eigenvalue weighted by atomic mass is 79.9. The summed E-state index contributed by atoms with van der Waals surface area (Å²) >= 11 is 3.54. The molecule has 0 bridgehead atoms. The first-order valence-corrected chi connectivity index (χ1v) is 7.89. The van der Waals surface area contributed by atoms with Gasteiger partial charge in [0.1, 0.15) is 11.4 Å². The first kappa shape index (κ1) is 16.7. The van der Waals surface area contributed by atoms with Gasteiger partial charge in [0.25, 0.3) is 0 Å². The summed E-state index contributed by atoms with van der Waals surface area (Å²) < 4.78 is 13.6. The highest BCUT2D eigenvalue weighted by Gasteiger charge is 2.15. The van der Waals surface area contributed by atoms with Crippen LogP contribution in [0.25, 0.3) is 10.9 Å². The Bertz CT molecular complexity index is 674. The second-order valence-electron chi connectivity index (χ2n) is 5.98. The van der Waals surface area contributed by atoms with E-state index in [1.54, 1.807) is 7.11 Å². The Morgan fingerprint density at radius 2 is 2.09 bits per heavy atom. The van der Waals surface area contributed by atoms with Crippen LogP contribution in [-0.2, 0) is 11.3 Å². The van der Waals surface area contributed by atoms with E-state index in [2.05, 4.69) is 25.8 Å². The van der Waals surface area contributed by atoms with E-state index in [0.717, 1.165) is 21.1 Å². The SMILES string of the molecule is COc1cc(Br)c2ccn(CCNC(=O)OC(C)(C)C)c2c1. The molecule has 1 aromatic heterocycles. The maximum atomic E-state index is 11.6. The molecule has 0 saturated heterocycles. The number of hydrogen-bond acceptors (Lipinski definition) is 3. The zero-order chi connectivity index (χ0) is 16.3. The summed E-state index contributed by atoms with van der Waals surface area (Å²) in [4.78, 5) is 11.6. The molecule has 0 radical (unpaired) electrons. The van der Waals surface area contributed by atoms with Gasteiger partial charge in [-0.2, -0.15) is 0 Å². The van der Waals surface area contributed by atoms with Crippen molar-refractivity contribution in [3.8, 4) is 5.75 Å². The van der Waals surface area contributed by atoms with Gasteiger partial charge in [0, 0.05) is 35.2 Å². The molecular weight excluding hydrogens is 348 g/mol. The lowest BCUT2D eigenvalue weighted by molar-refractivity contribution is 0.0526. The minimum Gasteiger partial charge on any atom is -0.497 e.